The van der Waals surface area contributed by atoms with Crippen molar-refractivity contribution < 1.29 is 29.0 Å². The van der Waals surface area contributed by atoms with Gasteiger partial charge in [-0.15, -0.1) is 0 Å². The molecule has 4 N–H and O–H groups in total. The molecule has 2 fully saturated rings. The predicted molar refractivity (Wildman–Crippen MR) is 164 cm³/mol. The third kappa shape index (κ3) is 6.55. The molecule has 4 rings (SSSR count). The number of aromatic carboxylic acids is 1. The summed E-state index contributed by atoms with van der Waals surface area (Å²) in [5.41, 5.74) is 6.59. The topological polar surface area (TPSA) is 139 Å². The van der Waals surface area contributed by atoms with Gasteiger partial charge >= 0.3 is 12.1 Å². The number of carbonyl (C=O) groups is 4. The summed E-state index contributed by atoms with van der Waals surface area (Å²) in [6.07, 6.45) is 2.24. The Balaban J connectivity index is 1.62. The molecule has 4 atom stereocenters. The highest BCUT2D eigenvalue weighted by Crippen LogP contribution is 2.52. The highest BCUT2D eigenvalue weighted by atomic mass is 16.6. The third-order valence-corrected chi connectivity index (χ3v) is 9.37. The molecule has 1 aliphatic heterocycles. The first kappa shape index (κ1) is 32.0. The van der Waals surface area contributed by atoms with E-state index >= 15 is 0 Å². The fourth-order valence-corrected chi connectivity index (χ4v) is 7.19. The normalized spacial score (nSPS) is 26.4. The van der Waals surface area contributed by atoms with Crippen molar-refractivity contribution in [1.29, 1.82) is 0 Å². The molecule has 9 heteroatoms. The maximum Gasteiger partial charge on any atom is 0.407 e. The van der Waals surface area contributed by atoms with Crippen LogP contribution in [0.2, 0.25) is 0 Å². The lowest BCUT2D eigenvalue weighted by molar-refractivity contribution is -0.147. The van der Waals surface area contributed by atoms with E-state index in [-0.39, 0.29) is 35.9 Å². The first-order valence-electron chi connectivity index (χ1n) is 15.1. The Morgan fingerprint density at radius 3 is 2.21 bits per heavy atom. The largest absolute Gasteiger partial charge is 0.478 e. The standard InChI is InChI=1S/C34H45N3O6/c1-20-11-10-14-25(30(39)40)27(20)26-19-37(34(6,31(35)41)28(26)23-12-8-7-9-13-23)29(38)24-17-15-22(16-18-24)21(2)36-32(42)43-33(3,4)5/h7-14,21-22,24,26,28H,15-19H2,1-6H3,(H2,35,41)(H,36,42)(H,39,40)/t21?,22-,24-,26?,28-,34+/m1/s1. The summed E-state index contributed by atoms with van der Waals surface area (Å²) < 4.78 is 5.40. The van der Waals surface area contributed by atoms with Gasteiger partial charge in [0.25, 0.3) is 0 Å². The summed E-state index contributed by atoms with van der Waals surface area (Å²) in [7, 11) is 0. The molecule has 1 saturated heterocycles. The molecule has 9 nitrogen and oxygen atoms in total. The Kier molecular flexibility index (Phi) is 9.23. The molecule has 0 spiro atoms. The van der Waals surface area contributed by atoms with Crippen molar-refractivity contribution in [1.82, 2.24) is 10.2 Å². The monoisotopic (exact) mass is 591 g/mol. The Morgan fingerprint density at radius 1 is 1.02 bits per heavy atom. The molecule has 2 aromatic carbocycles. The molecule has 43 heavy (non-hydrogen) atoms. The molecule has 0 aromatic heterocycles. The molecule has 2 aliphatic rings. The van der Waals surface area contributed by atoms with Gasteiger partial charge in [0.05, 0.1) is 5.56 Å². The number of hydrogen-bond acceptors (Lipinski definition) is 5. The van der Waals surface area contributed by atoms with Crippen molar-refractivity contribution in [2.45, 2.75) is 96.2 Å². The van der Waals surface area contributed by atoms with Crippen LogP contribution in [0.15, 0.2) is 48.5 Å². The molecule has 1 saturated carbocycles. The van der Waals surface area contributed by atoms with Crippen molar-refractivity contribution in [2.24, 2.45) is 17.6 Å². The second kappa shape index (κ2) is 12.4. The van der Waals surface area contributed by atoms with Gasteiger partial charge in [-0.05, 0) is 95.9 Å². The number of nitrogens with zero attached hydrogens (tertiary/aromatic N) is 1. The van der Waals surface area contributed by atoms with Crippen molar-refractivity contribution in [3.63, 3.8) is 0 Å². The number of amides is 3. The second-order valence-corrected chi connectivity index (χ2v) is 13.3. The van der Waals surface area contributed by atoms with Gasteiger partial charge in [0, 0.05) is 30.3 Å². The van der Waals surface area contributed by atoms with Crippen LogP contribution >= 0.6 is 0 Å². The van der Waals surface area contributed by atoms with Crippen LogP contribution in [-0.4, -0.2) is 57.6 Å². The van der Waals surface area contributed by atoms with Crippen LogP contribution in [0, 0.1) is 18.8 Å². The van der Waals surface area contributed by atoms with E-state index in [1.165, 1.54) is 0 Å². The zero-order valence-corrected chi connectivity index (χ0v) is 26.1. The number of aryl methyl sites for hydroxylation is 1. The summed E-state index contributed by atoms with van der Waals surface area (Å²) in [6.45, 7) is 11.2. The number of alkyl carbamates (subject to hydrolysis) is 1. The molecule has 2 aromatic rings. The molecule has 0 bridgehead atoms. The minimum atomic E-state index is -1.37. The van der Waals surface area contributed by atoms with Gasteiger partial charge < -0.3 is 25.8 Å². The number of carboxylic acids is 1. The van der Waals surface area contributed by atoms with E-state index in [0.29, 0.717) is 18.4 Å². The second-order valence-electron chi connectivity index (χ2n) is 13.3. The molecular weight excluding hydrogens is 546 g/mol. The van der Waals surface area contributed by atoms with Crippen LogP contribution in [0.4, 0.5) is 4.79 Å². The number of benzene rings is 2. The fourth-order valence-electron chi connectivity index (χ4n) is 7.19. The average Bonchev–Trinajstić information content (AvgIpc) is 3.25. The van der Waals surface area contributed by atoms with Gasteiger partial charge in [0.15, 0.2) is 0 Å². The minimum absolute atomic E-state index is 0.115. The Morgan fingerprint density at radius 2 is 1.65 bits per heavy atom. The highest BCUT2D eigenvalue weighted by Gasteiger charge is 2.58. The lowest BCUT2D eigenvalue weighted by Gasteiger charge is -2.40. The molecular formula is C34H45N3O6. The number of rotatable bonds is 7. The van der Waals surface area contributed by atoms with Crippen molar-refractivity contribution in [3.05, 3.63) is 70.8 Å². The zero-order chi connectivity index (χ0) is 31.7. The Hall–Kier alpha value is -3.88. The number of likely N-dealkylation sites (tertiary alicyclic amines) is 1. The quantitative estimate of drug-likeness (QED) is 0.396. The summed E-state index contributed by atoms with van der Waals surface area (Å²) in [4.78, 5) is 54.0. The number of carbonyl (C=O) groups excluding carboxylic acids is 3. The number of ether oxygens (including phenoxy) is 1. The van der Waals surface area contributed by atoms with Crippen LogP contribution in [-0.2, 0) is 14.3 Å². The summed E-state index contributed by atoms with van der Waals surface area (Å²) >= 11 is 0. The molecule has 232 valence electrons. The molecule has 2 unspecified atom stereocenters. The minimum Gasteiger partial charge on any atom is -0.478 e. The molecule has 1 heterocycles. The van der Waals surface area contributed by atoms with E-state index in [1.54, 1.807) is 24.0 Å². The molecule has 3 amide bonds. The van der Waals surface area contributed by atoms with E-state index < -0.39 is 40.9 Å². The summed E-state index contributed by atoms with van der Waals surface area (Å²) in [5.74, 6) is -2.92. The van der Waals surface area contributed by atoms with Crippen molar-refractivity contribution in [3.8, 4) is 0 Å². The van der Waals surface area contributed by atoms with Gasteiger partial charge in [-0.3, -0.25) is 9.59 Å². The van der Waals surface area contributed by atoms with Gasteiger partial charge in [-0.25, -0.2) is 9.59 Å². The van der Waals surface area contributed by atoms with Gasteiger partial charge in [0.1, 0.15) is 11.1 Å². The fraction of sp³-hybridized carbons (Fsp3) is 0.529. The first-order valence-corrected chi connectivity index (χ1v) is 15.1. The van der Waals surface area contributed by atoms with Gasteiger partial charge in [0.2, 0.25) is 11.8 Å². The number of hydrogen-bond donors (Lipinski definition) is 3. The number of carboxylic acid groups (broad SMARTS) is 1. The average molecular weight is 592 g/mol. The van der Waals surface area contributed by atoms with E-state index in [4.69, 9.17) is 10.5 Å². The van der Waals surface area contributed by atoms with Crippen LogP contribution in [0.25, 0.3) is 0 Å². The van der Waals surface area contributed by atoms with Gasteiger partial charge in [-0.2, -0.15) is 0 Å². The van der Waals surface area contributed by atoms with Crippen molar-refractivity contribution in [2.75, 3.05) is 6.54 Å². The predicted octanol–water partition coefficient (Wildman–Crippen LogP) is 5.37. The van der Waals surface area contributed by atoms with E-state index in [9.17, 15) is 24.3 Å². The van der Waals surface area contributed by atoms with Crippen LogP contribution < -0.4 is 11.1 Å². The maximum atomic E-state index is 14.3. The SMILES string of the molecule is Cc1cccc(C(=O)O)c1C1CN(C(=O)[C@H]2CC[C@H](C(C)NC(=O)OC(C)(C)C)CC2)[C@](C)(C(N)=O)[C@@H]1c1ccccc1. The number of nitrogens with one attached hydrogen (secondary N) is 1. The van der Waals surface area contributed by atoms with Crippen molar-refractivity contribution >= 4 is 23.9 Å². The first-order chi connectivity index (χ1) is 20.1. The summed E-state index contributed by atoms with van der Waals surface area (Å²) in [5, 5.41) is 13.0. The van der Waals surface area contributed by atoms with E-state index in [2.05, 4.69) is 5.32 Å². The lowest BCUT2D eigenvalue weighted by atomic mass is 9.71. The number of primary amides is 1. The smallest absolute Gasteiger partial charge is 0.407 e. The Labute approximate surface area is 254 Å². The van der Waals surface area contributed by atoms with Crippen LogP contribution in [0.3, 0.4) is 0 Å². The number of nitrogens with two attached hydrogens (primary N) is 1. The molecule has 0 radical (unpaired) electrons. The van der Waals surface area contributed by atoms with Gasteiger partial charge in [-0.1, -0.05) is 42.5 Å². The highest BCUT2D eigenvalue weighted by molar-refractivity contribution is 5.94. The summed E-state index contributed by atoms with van der Waals surface area (Å²) in [6, 6.07) is 14.5. The maximum absolute atomic E-state index is 14.3. The van der Waals surface area contributed by atoms with Crippen LogP contribution in [0.1, 0.15) is 99.2 Å². The third-order valence-electron chi connectivity index (χ3n) is 9.37. The van der Waals surface area contributed by atoms with E-state index in [1.807, 2.05) is 71.0 Å². The lowest BCUT2D eigenvalue weighted by Crippen LogP contribution is -2.58. The van der Waals surface area contributed by atoms with Crippen LogP contribution in [0.5, 0.6) is 0 Å². The van der Waals surface area contributed by atoms with E-state index in [0.717, 1.165) is 24.0 Å². The zero-order valence-electron chi connectivity index (χ0n) is 26.1. The molecule has 1 aliphatic carbocycles. The Bertz CT molecular complexity index is 1360.